The number of hydrogen-bond donors (Lipinski definition) is 1. The van der Waals surface area contributed by atoms with Crippen molar-refractivity contribution >= 4 is 5.78 Å². The summed E-state index contributed by atoms with van der Waals surface area (Å²) in [4.78, 5) is 25.9. The summed E-state index contributed by atoms with van der Waals surface area (Å²) in [5.41, 5.74) is 0.350. The number of aromatic nitrogens is 1. The molecule has 3 aromatic rings. The zero-order valence-corrected chi connectivity index (χ0v) is 16.2. The second-order valence-electron chi connectivity index (χ2n) is 6.48. The minimum atomic E-state index is -0.633. The molecule has 6 heteroatoms. The lowest BCUT2D eigenvalue weighted by Crippen LogP contribution is -2.27. The fraction of sp³-hybridized carbons (Fsp3) is 0.174. The molecule has 1 heterocycles. The third-order valence-electron chi connectivity index (χ3n) is 4.62. The van der Waals surface area contributed by atoms with Crippen LogP contribution in [0.5, 0.6) is 11.6 Å². The van der Waals surface area contributed by atoms with Gasteiger partial charge in [0.25, 0.3) is 5.56 Å². The molecule has 0 atom stereocenters. The number of ketones is 1. The van der Waals surface area contributed by atoms with Crippen LogP contribution < -0.4 is 10.3 Å². The maximum atomic E-state index is 13.2. The largest absolute Gasteiger partial charge is 0.494 e. The number of aromatic hydroxyl groups is 1. The van der Waals surface area contributed by atoms with E-state index in [0.29, 0.717) is 17.9 Å². The van der Waals surface area contributed by atoms with Crippen molar-refractivity contribution in [2.24, 2.45) is 0 Å². The lowest BCUT2D eigenvalue weighted by Gasteiger charge is -2.16. The highest BCUT2D eigenvalue weighted by Gasteiger charge is 2.25. The summed E-state index contributed by atoms with van der Waals surface area (Å²) >= 11 is 0. The van der Waals surface area contributed by atoms with E-state index < -0.39 is 17.2 Å². The van der Waals surface area contributed by atoms with E-state index in [1.54, 1.807) is 36.4 Å². The summed E-state index contributed by atoms with van der Waals surface area (Å²) < 4.78 is 6.49. The summed E-state index contributed by atoms with van der Waals surface area (Å²) in [6, 6.07) is 17.5. The number of pyridine rings is 1. The molecule has 0 saturated carbocycles. The highest BCUT2D eigenvalue weighted by atomic mass is 16.5. The van der Waals surface area contributed by atoms with Gasteiger partial charge in [0.05, 0.1) is 18.7 Å². The molecule has 0 spiro atoms. The molecule has 0 aliphatic heterocycles. The molecular weight excluding hydrogens is 368 g/mol. The van der Waals surface area contributed by atoms with Gasteiger partial charge in [0.2, 0.25) is 5.88 Å². The Morgan fingerprint density at radius 2 is 1.90 bits per heavy atom. The summed E-state index contributed by atoms with van der Waals surface area (Å²) in [7, 11) is 0. The average Bonchev–Trinajstić information content (AvgIpc) is 2.73. The van der Waals surface area contributed by atoms with Crippen molar-refractivity contribution in [2.75, 3.05) is 6.61 Å². The molecule has 0 amide bonds. The molecule has 2 aromatic carbocycles. The summed E-state index contributed by atoms with van der Waals surface area (Å²) in [5, 5.41) is 20.3. The van der Waals surface area contributed by atoms with Crippen LogP contribution in [0.1, 0.15) is 39.5 Å². The number of carbonyl (C=O) groups is 1. The van der Waals surface area contributed by atoms with Gasteiger partial charge in [0, 0.05) is 5.56 Å². The van der Waals surface area contributed by atoms with Gasteiger partial charge < -0.3 is 9.84 Å². The van der Waals surface area contributed by atoms with Crippen molar-refractivity contribution in [3.05, 3.63) is 92.8 Å². The maximum absolute atomic E-state index is 13.2. The van der Waals surface area contributed by atoms with Gasteiger partial charge in [0.1, 0.15) is 17.4 Å². The molecule has 1 aromatic heterocycles. The Hall–Kier alpha value is -3.85. The normalized spacial score (nSPS) is 10.4. The molecule has 1 N–H and O–H groups in total. The Kier molecular flexibility index (Phi) is 5.79. The molecule has 0 bridgehead atoms. The van der Waals surface area contributed by atoms with E-state index in [1.165, 1.54) is 6.92 Å². The predicted octanol–water partition coefficient (Wildman–Crippen LogP) is 3.41. The number of ether oxygens (including phenoxy) is 1. The van der Waals surface area contributed by atoms with Gasteiger partial charge in [-0.2, -0.15) is 5.26 Å². The standard InChI is InChI=1S/C23H20N2O4/c1-3-29-18-11-7-10-17(12-18)21(26)20-15(2)19(13-24)22(27)25(23(20)28)14-16-8-5-4-6-9-16/h4-12,28H,3,14H2,1-2H3. The fourth-order valence-corrected chi connectivity index (χ4v) is 3.17. The van der Waals surface area contributed by atoms with Crippen LogP contribution in [0.25, 0.3) is 0 Å². The average molecular weight is 388 g/mol. The lowest BCUT2D eigenvalue weighted by molar-refractivity contribution is 0.103. The Balaban J connectivity index is 2.17. The molecule has 0 fully saturated rings. The second kappa shape index (κ2) is 8.44. The van der Waals surface area contributed by atoms with Crippen molar-refractivity contribution in [1.82, 2.24) is 4.57 Å². The zero-order chi connectivity index (χ0) is 21.0. The molecular formula is C23H20N2O4. The number of hydrogen-bond acceptors (Lipinski definition) is 5. The number of nitriles is 1. The highest BCUT2D eigenvalue weighted by molar-refractivity contribution is 6.11. The van der Waals surface area contributed by atoms with Crippen molar-refractivity contribution < 1.29 is 14.6 Å². The fourth-order valence-electron chi connectivity index (χ4n) is 3.17. The lowest BCUT2D eigenvalue weighted by atomic mass is 9.97. The molecule has 29 heavy (non-hydrogen) atoms. The summed E-state index contributed by atoms with van der Waals surface area (Å²) in [6.45, 7) is 3.82. The Morgan fingerprint density at radius 3 is 2.55 bits per heavy atom. The van der Waals surface area contributed by atoms with Crippen LogP contribution in [0.15, 0.2) is 59.4 Å². The smallest absolute Gasteiger partial charge is 0.271 e. The number of rotatable bonds is 6. The Morgan fingerprint density at radius 1 is 1.17 bits per heavy atom. The molecule has 0 aliphatic rings. The monoisotopic (exact) mass is 388 g/mol. The van der Waals surface area contributed by atoms with Gasteiger partial charge in [-0.05, 0) is 37.1 Å². The van der Waals surface area contributed by atoms with Crippen molar-refractivity contribution in [1.29, 1.82) is 5.26 Å². The minimum Gasteiger partial charge on any atom is -0.494 e. The van der Waals surface area contributed by atoms with Crippen LogP contribution in [0, 0.1) is 18.3 Å². The number of benzene rings is 2. The topological polar surface area (TPSA) is 92.3 Å². The molecule has 6 nitrogen and oxygen atoms in total. The van der Waals surface area contributed by atoms with E-state index in [-0.39, 0.29) is 23.2 Å². The van der Waals surface area contributed by atoms with E-state index in [9.17, 15) is 20.0 Å². The molecule has 0 unspecified atom stereocenters. The van der Waals surface area contributed by atoms with Crippen LogP contribution >= 0.6 is 0 Å². The van der Waals surface area contributed by atoms with E-state index in [0.717, 1.165) is 10.1 Å². The zero-order valence-electron chi connectivity index (χ0n) is 16.2. The van der Waals surface area contributed by atoms with Gasteiger partial charge >= 0.3 is 0 Å². The van der Waals surface area contributed by atoms with Crippen molar-refractivity contribution in [2.45, 2.75) is 20.4 Å². The first kappa shape index (κ1) is 19.9. The van der Waals surface area contributed by atoms with Crippen LogP contribution in [0.3, 0.4) is 0 Å². The SMILES string of the molecule is CCOc1cccc(C(=O)c2c(C)c(C#N)c(=O)n(Cc3ccccc3)c2O)c1. The van der Waals surface area contributed by atoms with E-state index >= 15 is 0 Å². The minimum absolute atomic E-state index is 0.0414. The summed E-state index contributed by atoms with van der Waals surface area (Å²) in [5.74, 6) is -0.421. The molecule has 0 aliphatic carbocycles. The van der Waals surface area contributed by atoms with Gasteiger partial charge in [0.15, 0.2) is 5.78 Å². The first-order chi connectivity index (χ1) is 14.0. The van der Waals surface area contributed by atoms with E-state index in [4.69, 9.17) is 4.74 Å². The molecule has 0 radical (unpaired) electrons. The first-order valence-corrected chi connectivity index (χ1v) is 9.15. The maximum Gasteiger partial charge on any atom is 0.271 e. The number of carbonyl (C=O) groups excluding carboxylic acids is 1. The third kappa shape index (κ3) is 3.90. The first-order valence-electron chi connectivity index (χ1n) is 9.15. The van der Waals surface area contributed by atoms with Crippen LogP contribution in [-0.2, 0) is 6.54 Å². The van der Waals surface area contributed by atoms with Gasteiger partial charge in [-0.15, -0.1) is 0 Å². The van der Waals surface area contributed by atoms with E-state index in [1.807, 2.05) is 31.2 Å². The quantitative estimate of drug-likeness (QED) is 0.653. The number of nitrogens with zero attached hydrogens (tertiary/aromatic N) is 2. The van der Waals surface area contributed by atoms with Crippen LogP contribution in [-0.4, -0.2) is 22.1 Å². The third-order valence-corrected chi connectivity index (χ3v) is 4.62. The van der Waals surface area contributed by atoms with Crippen LogP contribution in [0.4, 0.5) is 0 Å². The summed E-state index contributed by atoms with van der Waals surface area (Å²) in [6.07, 6.45) is 0. The van der Waals surface area contributed by atoms with Crippen LogP contribution in [0.2, 0.25) is 0 Å². The van der Waals surface area contributed by atoms with E-state index in [2.05, 4.69) is 0 Å². The highest BCUT2D eigenvalue weighted by Crippen LogP contribution is 2.26. The Labute approximate surface area is 168 Å². The van der Waals surface area contributed by atoms with Gasteiger partial charge in [-0.1, -0.05) is 42.5 Å². The predicted molar refractivity (Wildman–Crippen MR) is 108 cm³/mol. The van der Waals surface area contributed by atoms with Crippen molar-refractivity contribution in [3.8, 4) is 17.7 Å². The second-order valence-corrected chi connectivity index (χ2v) is 6.48. The molecule has 3 rings (SSSR count). The molecule has 0 saturated heterocycles. The van der Waals surface area contributed by atoms with Crippen molar-refractivity contribution in [3.63, 3.8) is 0 Å². The van der Waals surface area contributed by atoms with Gasteiger partial charge in [-0.3, -0.25) is 14.2 Å². The van der Waals surface area contributed by atoms with Gasteiger partial charge in [-0.25, -0.2) is 0 Å². The Bertz CT molecular complexity index is 1160. The molecule has 146 valence electrons.